The Kier molecular flexibility index (Phi) is 7.73. The Morgan fingerprint density at radius 2 is 2.05 bits per heavy atom. The van der Waals surface area contributed by atoms with Crippen LogP contribution in [0.5, 0.6) is 0 Å². The van der Waals surface area contributed by atoms with Crippen LogP contribution in [0, 0.1) is 0 Å². The van der Waals surface area contributed by atoms with Crippen molar-refractivity contribution < 1.29 is 24.3 Å². The molecule has 1 saturated carbocycles. The molecule has 3 N–H and O–H groups in total. The number of nitrogens with two attached hydrogens (primary N) is 1. The van der Waals surface area contributed by atoms with Crippen LogP contribution in [0.4, 0.5) is 4.79 Å². The molecule has 126 valence electrons. The van der Waals surface area contributed by atoms with Crippen LogP contribution in [-0.4, -0.2) is 40.9 Å². The van der Waals surface area contributed by atoms with Gasteiger partial charge in [0.05, 0.1) is 6.54 Å². The van der Waals surface area contributed by atoms with Gasteiger partial charge in [-0.15, -0.1) is 0 Å². The van der Waals surface area contributed by atoms with Gasteiger partial charge in [0, 0.05) is 6.61 Å². The highest BCUT2D eigenvalue weighted by Crippen LogP contribution is 2.33. The molecule has 2 amide bonds. The molecule has 1 heterocycles. The highest BCUT2D eigenvalue weighted by Gasteiger charge is 2.42. The van der Waals surface area contributed by atoms with Gasteiger partial charge in [-0.25, -0.2) is 9.59 Å². The van der Waals surface area contributed by atoms with E-state index in [-0.39, 0.29) is 0 Å². The molecule has 0 bridgehead atoms. The van der Waals surface area contributed by atoms with Crippen LogP contribution in [0.25, 0.3) is 0 Å². The Hall–Kier alpha value is -1.76. The second kappa shape index (κ2) is 9.30. The third kappa shape index (κ3) is 5.55. The maximum absolute atomic E-state index is 11.1. The lowest BCUT2D eigenvalue weighted by Crippen LogP contribution is -2.38. The van der Waals surface area contributed by atoms with Crippen molar-refractivity contribution in [3.8, 4) is 0 Å². The third-order valence-electron chi connectivity index (χ3n) is 3.73. The van der Waals surface area contributed by atoms with Gasteiger partial charge in [-0.05, 0) is 38.2 Å². The summed E-state index contributed by atoms with van der Waals surface area (Å²) in [4.78, 5) is 25.8. The highest BCUT2D eigenvalue weighted by molar-refractivity contribution is 5.77. The standard InChI is InChI=1S/C11H20O3.C4H6N2O2/c1-2-3-6-9-14-11(10(12)13)7-4-5-8-11;5-4(7)6-2-1-3-8-6/h2-9H2,1H3,(H,12,13);1,3H,2H2,(H2,5,7). The van der Waals surface area contributed by atoms with Crippen LogP contribution in [0.15, 0.2) is 12.3 Å². The first-order valence-corrected chi connectivity index (χ1v) is 7.78. The van der Waals surface area contributed by atoms with Crippen molar-refractivity contribution >= 4 is 12.0 Å². The van der Waals surface area contributed by atoms with E-state index in [1.54, 1.807) is 6.08 Å². The maximum atomic E-state index is 11.1. The number of ether oxygens (including phenoxy) is 1. The molecule has 7 nitrogen and oxygen atoms in total. The monoisotopic (exact) mass is 314 g/mol. The number of carbonyl (C=O) groups is 2. The van der Waals surface area contributed by atoms with Gasteiger partial charge in [0.1, 0.15) is 6.26 Å². The van der Waals surface area contributed by atoms with E-state index in [1.165, 1.54) is 6.26 Å². The SMILES string of the molecule is CCCCCOC1(C(=O)O)CCCC1.NC(=O)N1CC=CO1. The zero-order valence-electron chi connectivity index (χ0n) is 13.1. The molecule has 2 rings (SSSR count). The zero-order valence-corrected chi connectivity index (χ0v) is 13.1. The molecule has 0 atom stereocenters. The minimum absolute atomic E-state index is 0.454. The summed E-state index contributed by atoms with van der Waals surface area (Å²) in [6, 6.07) is -0.560. The maximum Gasteiger partial charge on any atom is 0.348 e. The van der Waals surface area contributed by atoms with Gasteiger partial charge in [0.2, 0.25) is 0 Å². The van der Waals surface area contributed by atoms with E-state index in [1.807, 2.05) is 0 Å². The summed E-state index contributed by atoms with van der Waals surface area (Å²) in [6.45, 7) is 3.18. The van der Waals surface area contributed by atoms with Crippen LogP contribution >= 0.6 is 0 Å². The van der Waals surface area contributed by atoms with E-state index in [4.69, 9.17) is 15.6 Å². The molecule has 1 fully saturated rings. The number of carboxylic acids is 1. The topological polar surface area (TPSA) is 102 Å². The van der Waals surface area contributed by atoms with E-state index < -0.39 is 17.6 Å². The summed E-state index contributed by atoms with van der Waals surface area (Å²) in [5.74, 6) is -0.772. The second-order valence-corrected chi connectivity index (χ2v) is 5.44. The number of rotatable bonds is 6. The summed E-state index contributed by atoms with van der Waals surface area (Å²) < 4.78 is 5.55. The normalized spacial score (nSPS) is 18.5. The fraction of sp³-hybridized carbons (Fsp3) is 0.733. The Labute approximate surface area is 131 Å². The predicted octanol–water partition coefficient (Wildman–Crippen LogP) is 2.42. The number of nitrogens with zero attached hydrogens (tertiary/aromatic N) is 1. The molecule has 0 aromatic carbocycles. The average Bonchev–Trinajstić information content (AvgIpc) is 3.16. The van der Waals surface area contributed by atoms with Gasteiger partial charge in [-0.1, -0.05) is 19.8 Å². The molecular weight excluding hydrogens is 288 g/mol. The Morgan fingerprint density at radius 1 is 1.36 bits per heavy atom. The van der Waals surface area contributed by atoms with Gasteiger partial charge in [-0.3, -0.25) is 0 Å². The number of urea groups is 1. The van der Waals surface area contributed by atoms with Crippen molar-refractivity contribution in [1.29, 1.82) is 0 Å². The number of aliphatic carboxylic acids is 1. The number of hydrogen-bond donors (Lipinski definition) is 2. The summed E-state index contributed by atoms with van der Waals surface area (Å²) in [5, 5.41) is 10.2. The van der Waals surface area contributed by atoms with Crippen molar-refractivity contribution in [2.75, 3.05) is 13.2 Å². The summed E-state index contributed by atoms with van der Waals surface area (Å²) in [5.41, 5.74) is 3.98. The number of primary amides is 1. The van der Waals surface area contributed by atoms with E-state index in [2.05, 4.69) is 11.8 Å². The Balaban J connectivity index is 0.000000255. The van der Waals surface area contributed by atoms with Crippen LogP contribution in [0.2, 0.25) is 0 Å². The van der Waals surface area contributed by atoms with Crippen LogP contribution in [-0.2, 0) is 14.4 Å². The van der Waals surface area contributed by atoms with Crippen LogP contribution in [0.3, 0.4) is 0 Å². The molecule has 2 aliphatic rings. The second-order valence-electron chi connectivity index (χ2n) is 5.44. The third-order valence-corrected chi connectivity index (χ3v) is 3.73. The fourth-order valence-corrected chi connectivity index (χ4v) is 2.43. The van der Waals surface area contributed by atoms with Crippen LogP contribution in [0.1, 0.15) is 51.9 Å². The molecule has 0 spiro atoms. The molecule has 1 aliphatic heterocycles. The van der Waals surface area contributed by atoms with E-state index in [0.717, 1.165) is 37.2 Å². The van der Waals surface area contributed by atoms with Crippen molar-refractivity contribution in [3.63, 3.8) is 0 Å². The first-order valence-electron chi connectivity index (χ1n) is 7.78. The number of carbonyl (C=O) groups excluding carboxylic acids is 1. The Bertz CT molecular complexity index is 383. The largest absolute Gasteiger partial charge is 0.479 e. The van der Waals surface area contributed by atoms with Gasteiger partial charge in [0.25, 0.3) is 0 Å². The molecule has 7 heteroatoms. The zero-order chi connectivity index (χ0) is 16.4. The minimum atomic E-state index is -0.840. The quantitative estimate of drug-likeness (QED) is 0.733. The number of carboxylic acid groups (broad SMARTS) is 1. The van der Waals surface area contributed by atoms with Gasteiger partial charge >= 0.3 is 12.0 Å². The number of hydrogen-bond acceptors (Lipinski definition) is 4. The fourth-order valence-electron chi connectivity index (χ4n) is 2.43. The summed E-state index contributed by atoms with van der Waals surface area (Å²) in [7, 11) is 0. The summed E-state index contributed by atoms with van der Waals surface area (Å²) in [6.07, 6.45) is 9.71. The average molecular weight is 314 g/mol. The molecule has 1 aliphatic carbocycles. The Morgan fingerprint density at radius 3 is 2.45 bits per heavy atom. The first-order chi connectivity index (χ1) is 10.5. The van der Waals surface area contributed by atoms with Gasteiger partial charge in [-0.2, -0.15) is 5.06 Å². The minimum Gasteiger partial charge on any atom is -0.479 e. The van der Waals surface area contributed by atoms with Crippen LogP contribution < -0.4 is 5.73 Å². The van der Waals surface area contributed by atoms with Crippen molar-refractivity contribution in [1.82, 2.24) is 5.06 Å². The molecule has 0 unspecified atom stereocenters. The van der Waals surface area contributed by atoms with E-state index in [0.29, 0.717) is 26.0 Å². The molecule has 0 saturated heterocycles. The molecule has 0 radical (unpaired) electrons. The van der Waals surface area contributed by atoms with Crippen molar-refractivity contribution in [2.45, 2.75) is 57.5 Å². The first kappa shape index (κ1) is 18.3. The predicted molar refractivity (Wildman–Crippen MR) is 80.8 cm³/mol. The van der Waals surface area contributed by atoms with Gasteiger partial charge < -0.3 is 20.4 Å². The molecular formula is C15H26N2O5. The molecule has 0 aromatic rings. The molecule has 22 heavy (non-hydrogen) atoms. The number of unbranched alkanes of at least 4 members (excludes halogenated alkanes) is 2. The highest BCUT2D eigenvalue weighted by atomic mass is 16.7. The number of hydroxylamine groups is 2. The van der Waals surface area contributed by atoms with Crippen molar-refractivity contribution in [2.24, 2.45) is 5.73 Å². The van der Waals surface area contributed by atoms with Crippen molar-refractivity contribution in [3.05, 3.63) is 12.3 Å². The summed E-state index contributed by atoms with van der Waals surface area (Å²) >= 11 is 0. The lowest BCUT2D eigenvalue weighted by Gasteiger charge is -2.24. The lowest BCUT2D eigenvalue weighted by molar-refractivity contribution is -0.165. The van der Waals surface area contributed by atoms with Gasteiger partial charge in [0.15, 0.2) is 5.60 Å². The number of amides is 2. The lowest BCUT2D eigenvalue weighted by atomic mass is 10.0. The smallest absolute Gasteiger partial charge is 0.348 e. The van der Waals surface area contributed by atoms with E-state index >= 15 is 0 Å². The van der Waals surface area contributed by atoms with E-state index in [9.17, 15) is 9.59 Å². The molecule has 0 aromatic heterocycles.